The van der Waals surface area contributed by atoms with Gasteiger partial charge in [0.25, 0.3) is 0 Å². The maximum atomic E-state index is 11.3. The van der Waals surface area contributed by atoms with Crippen LogP contribution in [0.15, 0.2) is 18.2 Å². The van der Waals surface area contributed by atoms with E-state index in [9.17, 15) is 4.79 Å². The van der Waals surface area contributed by atoms with Crippen LogP contribution in [0.3, 0.4) is 0 Å². The Kier molecular flexibility index (Phi) is 3.99. The molecule has 0 aliphatic rings. The molecule has 88 valence electrons. The Morgan fingerprint density at radius 1 is 1.44 bits per heavy atom. The Hall–Kier alpha value is -1.91. The third kappa shape index (κ3) is 3.05. The van der Waals surface area contributed by atoms with Crippen molar-refractivity contribution in [2.75, 3.05) is 25.2 Å². The number of carbonyl (C=O) groups is 1. The third-order valence-corrected chi connectivity index (χ3v) is 2.19. The minimum Gasteiger partial charge on any atom is -0.497 e. The maximum absolute atomic E-state index is 11.3. The summed E-state index contributed by atoms with van der Waals surface area (Å²) >= 11 is 0. The first-order valence-electron chi connectivity index (χ1n) is 4.99. The van der Waals surface area contributed by atoms with Gasteiger partial charge in [-0.2, -0.15) is 0 Å². The molecule has 0 bridgehead atoms. The molecule has 5 heteroatoms. The summed E-state index contributed by atoms with van der Waals surface area (Å²) in [5.74, 6) is 0.577. The number of carbonyl (C=O) groups excluding carboxylic acids is 1. The van der Waals surface area contributed by atoms with Crippen LogP contribution in [-0.2, 0) is 4.79 Å². The number of anilines is 2. The fourth-order valence-corrected chi connectivity index (χ4v) is 1.36. The van der Waals surface area contributed by atoms with Crippen molar-refractivity contribution < 1.29 is 9.53 Å². The molecule has 0 aliphatic carbocycles. The van der Waals surface area contributed by atoms with Crippen LogP contribution in [0.5, 0.6) is 5.75 Å². The molecule has 0 radical (unpaired) electrons. The summed E-state index contributed by atoms with van der Waals surface area (Å²) in [6.45, 7) is 1.77. The van der Waals surface area contributed by atoms with Gasteiger partial charge in [0.2, 0.25) is 5.91 Å². The first kappa shape index (κ1) is 12.2. The minimum atomic E-state index is -0.323. The first-order valence-corrected chi connectivity index (χ1v) is 4.99. The van der Waals surface area contributed by atoms with Crippen molar-refractivity contribution in [1.82, 2.24) is 5.32 Å². The summed E-state index contributed by atoms with van der Waals surface area (Å²) < 4.78 is 5.08. The van der Waals surface area contributed by atoms with Crippen molar-refractivity contribution in [2.45, 2.75) is 13.0 Å². The zero-order valence-electron chi connectivity index (χ0n) is 9.70. The molecule has 0 fully saturated rings. The third-order valence-electron chi connectivity index (χ3n) is 2.19. The molecule has 0 spiro atoms. The van der Waals surface area contributed by atoms with Gasteiger partial charge in [0, 0.05) is 30.6 Å². The quantitative estimate of drug-likeness (QED) is 0.661. The highest BCUT2D eigenvalue weighted by Gasteiger charge is 2.10. The zero-order chi connectivity index (χ0) is 12.1. The highest BCUT2D eigenvalue weighted by Crippen LogP contribution is 2.22. The molecule has 1 rings (SSSR count). The van der Waals surface area contributed by atoms with Gasteiger partial charge < -0.3 is 21.1 Å². The average molecular weight is 223 g/mol. The van der Waals surface area contributed by atoms with Crippen LogP contribution >= 0.6 is 0 Å². The fourth-order valence-electron chi connectivity index (χ4n) is 1.36. The molecule has 0 aliphatic heterocycles. The van der Waals surface area contributed by atoms with Gasteiger partial charge in [-0.1, -0.05) is 0 Å². The van der Waals surface area contributed by atoms with Gasteiger partial charge in [-0.05, 0) is 13.0 Å². The van der Waals surface area contributed by atoms with Crippen LogP contribution in [0.25, 0.3) is 0 Å². The Morgan fingerprint density at radius 3 is 2.69 bits per heavy atom. The number of hydrogen-bond acceptors (Lipinski definition) is 4. The monoisotopic (exact) mass is 223 g/mol. The van der Waals surface area contributed by atoms with Crippen molar-refractivity contribution in [3.8, 4) is 5.75 Å². The van der Waals surface area contributed by atoms with E-state index in [2.05, 4.69) is 10.6 Å². The van der Waals surface area contributed by atoms with E-state index in [1.165, 1.54) is 0 Å². The van der Waals surface area contributed by atoms with Gasteiger partial charge >= 0.3 is 0 Å². The molecule has 1 atom stereocenters. The normalized spacial score (nSPS) is 11.7. The Balaban J connectivity index is 2.80. The lowest BCUT2D eigenvalue weighted by Crippen LogP contribution is -2.35. The van der Waals surface area contributed by atoms with E-state index in [4.69, 9.17) is 10.5 Å². The van der Waals surface area contributed by atoms with Gasteiger partial charge in [-0.25, -0.2) is 0 Å². The summed E-state index contributed by atoms with van der Waals surface area (Å²) in [5, 5.41) is 5.60. The maximum Gasteiger partial charge on any atom is 0.241 e. The van der Waals surface area contributed by atoms with Crippen LogP contribution in [0.2, 0.25) is 0 Å². The molecule has 4 N–H and O–H groups in total. The zero-order valence-corrected chi connectivity index (χ0v) is 9.70. The highest BCUT2D eigenvalue weighted by molar-refractivity contribution is 5.84. The molecule has 0 saturated heterocycles. The van der Waals surface area contributed by atoms with Crippen molar-refractivity contribution in [2.24, 2.45) is 0 Å². The summed E-state index contributed by atoms with van der Waals surface area (Å²) in [6, 6.07) is 4.93. The van der Waals surface area contributed by atoms with Gasteiger partial charge in [0.05, 0.1) is 7.11 Å². The summed E-state index contributed by atoms with van der Waals surface area (Å²) in [5.41, 5.74) is 7.04. The smallest absolute Gasteiger partial charge is 0.241 e. The number of ether oxygens (including phenoxy) is 1. The number of hydrogen-bond donors (Lipinski definition) is 3. The van der Waals surface area contributed by atoms with E-state index < -0.39 is 0 Å². The predicted octanol–water partition coefficient (Wildman–Crippen LogP) is 0.824. The lowest BCUT2D eigenvalue weighted by atomic mass is 10.2. The molecule has 1 amide bonds. The molecule has 0 heterocycles. The average Bonchev–Trinajstić information content (AvgIpc) is 2.26. The number of nitrogens with one attached hydrogen (secondary N) is 2. The van der Waals surface area contributed by atoms with Gasteiger partial charge in [-0.3, -0.25) is 4.79 Å². The molecule has 1 aromatic rings. The number of benzene rings is 1. The minimum absolute atomic E-state index is 0.0820. The number of likely N-dealkylation sites (N-methyl/N-ethyl adjacent to an activating group) is 1. The van der Waals surface area contributed by atoms with Gasteiger partial charge in [0.15, 0.2) is 0 Å². The van der Waals surface area contributed by atoms with Crippen LogP contribution in [0.1, 0.15) is 6.92 Å². The molecule has 1 aromatic carbocycles. The van der Waals surface area contributed by atoms with Crippen molar-refractivity contribution in [1.29, 1.82) is 0 Å². The molecular weight excluding hydrogens is 206 g/mol. The molecule has 0 saturated carbocycles. The first-order chi connectivity index (χ1) is 7.56. The Bertz CT molecular complexity index is 379. The van der Waals surface area contributed by atoms with E-state index in [1.807, 2.05) is 0 Å². The largest absolute Gasteiger partial charge is 0.497 e. The molecule has 5 nitrogen and oxygen atoms in total. The van der Waals surface area contributed by atoms with Crippen LogP contribution in [0.4, 0.5) is 11.4 Å². The second-order valence-corrected chi connectivity index (χ2v) is 3.48. The number of nitrogen functional groups attached to an aromatic ring is 1. The highest BCUT2D eigenvalue weighted by atomic mass is 16.5. The van der Waals surface area contributed by atoms with E-state index >= 15 is 0 Å². The van der Waals surface area contributed by atoms with Gasteiger partial charge in [-0.15, -0.1) is 0 Å². The Morgan fingerprint density at radius 2 is 2.12 bits per heavy atom. The van der Waals surface area contributed by atoms with Crippen molar-refractivity contribution >= 4 is 17.3 Å². The van der Waals surface area contributed by atoms with Crippen LogP contribution in [-0.4, -0.2) is 26.1 Å². The van der Waals surface area contributed by atoms with Gasteiger partial charge in [0.1, 0.15) is 11.8 Å². The molecule has 16 heavy (non-hydrogen) atoms. The SMILES string of the molecule is CNC(=O)C(C)Nc1cc(N)cc(OC)c1. The summed E-state index contributed by atoms with van der Waals surface area (Å²) in [6.07, 6.45) is 0. The van der Waals surface area contributed by atoms with E-state index in [1.54, 1.807) is 39.3 Å². The lowest BCUT2D eigenvalue weighted by molar-refractivity contribution is -0.121. The second-order valence-electron chi connectivity index (χ2n) is 3.48. The summed E-state index contributed by atoms with van der Waals surface area (Å²) in [4.78, 5) is 11.3. The van der Waals surface area contributed by atoms with E-state index in [0.29, 0.717) is 11.4 Å². The van der Waals surface area contributed by atoms with E-state index in [0.717, 1.165) is 5.69 Å². The number of rotatable bonds is 4. The van der Waals surface area contributed by atoms with Crippen molar-refractivity contribution in [3.63, 3.8) is 0 Å². The molecule has 1 unspecified atom stereocenters. The number of amides is 1. The van der Waals surface area contributed by atoms with Crippen LogP contribution in [0, 0.1) is 0 Å². The van der Waals surface area contributed by atoms with E-state index in [-0.39, 0.29) is 11.9 Å². The number of methoxy groups -OCH3 is 1. The summed E-state index contributed by atoms with van der Waals surface area (Å²) in [7, 11) is 3.17. The predicted molar refractivity (Wildman–Crippen MR) is 64.6 cm³/mol. The number of nitrogens with two attached hydrogens (primary N) is 1. The van der Waals surface area contributed by atoms with Crippen molar-refractivity contribution in [3.05, 3.63) is 18.2 Å². The van der Waals surface area contributed by atoms with Crippen LogP contribution < -0.4 is 21.1 Å². The fraction of sp³-hybridized carbons (Fsp3) is 0.364. The standard InChI is InChI=1S/C11H17N3O2/c1-7(11(15)13-2)14-9-4-8(12)5-10(6-9)16-3/h4-7,14H,12H2,1-3H3,(H,13,15). The molecule has 0 aromatic heterocycles. The topological polar surface area (TPSA) is 76.4 Å². The lowest BCUT2D eigenvalue weighted by Gasteiger charge is -2.14. The second kappa shape index (κ2) is 5.25. The Labute approximate surface area is 95.0 Å². The molecular formula is C11H17N3O2.